The Morgan fingerprint density at radius 2 is 2.13 bits per heavy atom. The number of aryl methyl sites for hydroxylation is 1. The van der Waals surface area contributed by atoms with E-state index in [9.17, 15) is 4.79 Å². The quantitative estimate of drug-likeness (QED) is 0.852. The van der Waals surface area contributed by atoms with Crippen LogP contribution < -0.4 is 16.0 Å². The number of halogens is 2. The Morgan fingerprint density at radius 3 is 2.74 bits per heavy atom. The van der Waals surface area contributed by atoms with Crippen LogP contribution in [0.4, 0.5) is 5.69 Å². The molecule has 3 unspecified atom stereocenters. The largest absolute Gasteiger partial charge is 0.367 e. The van der Waals surface area contributed by atoms with Crippen LogP contribution in [0, 0.1) is 5.92 Å². The molecule has 8 heteroatoms. The van der Waals surface area contributed by atoms with Crippen molar-refractivity contribution < 1.29 is 4.79 Å². The van der Waals surface area contributed by atoms with Crippen LogP contribution in [0.1, 0.15) is 32.1 Å². The van der Waals surface area contributed by atoms with Crippen LogP contribution in [0.2, 0.25) is 0 Å². The van der Waals surface area contributed by atoms with E-state index >= 15 is 0 Å². The lowest BCUT2D eigenvalue weighted by atomic mass is 10.0. The highest BCUT2D eigenvalue weighted by Crippen LogP contribution is 2.25. The van der Waals surface area contributed by atoms with Gasteiger partial charge in [0, 0.05) is 44.3 Å². The van der Waals surface area contributed by atoms with Gasteiger partial charge in [-0.05, 0) is 32.1 Å². The van der Waals surface area contributed by atoms with Crippen molar-refractivity contribution in [3.8, 4) is 0 Å². The summed E-state index contributed by atoms with van der Waals surface area (Å²) in [4.78, 5) is 14.6. The molecule has 0 aromatic carbocycles. The number of nitrogens with zero attached hydrogens (tertiary/aromatic N) is 3. The van der Waals surface area contributed by atoms with Gasteiger partial charge in [0.25, 0.3) is 0 Å². The molecule has 0 spiro atoms. The van der Waals surface area contributed by atoms with Crippen molar-refractivity contribution in [2.45, 2.75) is 44.2 Å². The number of hydrogen-bond donors (Lipinski definition) is 2. The molecule has 3 rings (SSSR count). The number of carbonyl (C=O) groups excluding carboxylic acids is 1. The van der Waals surface area contributed by atoms with Crippen LogP contribution in [0.25, 0.3) is 0 Å². The molecule has 1 aliphatic carbocycles. The van der Waals surface area contributed by atoms with Gasteiger partial charge in [-0.15, -0.1) is 24.8 Å². The number of aromatic nitrogens is 2. The van der Waals surface area contributed by atoms with Crippen molar-refractivity contribution >= 4 is 36.4 Å². The first-order valence-corrected chi connectivity index (χ1v) is 7.91. The average Bonchev–Trinajstić information content (AvgIpc) is 3.08. The maximum Gasteiger partial charge on any atom is 0.223 e. The third kappa shape index (κ3) is 4.99. The number of hydrogen-bond acceptors (Lipinski definition) is 4. The van der Waals surface area contributed by atoms with Gasteiger partial charge in [-0.3, -0.25) is 9.48 Å². The summed E-state index contributed by atoms with van der Waals surface area (Å²) in [6, 6.07) is 0.447. The fourth-order valence-corrected chi connectivity index (χ4v) is 3.47. The smallest absolute Gasteiger partial charge is 0.223 e. The molecular weight excluding hydrogens is 337 g/mol. The molecule has 1 aliphatic heterocycles. The minimum absolute atomic E-state index is 0. The fraction of sp³-hybridized carbons (Fsp3) is 0.733. The number of piperidine rings is 1. The predicted octanol–water partition coefficient (Wildman–Crippen LogP) is 1.48. The number of nitrogens with two attached hydrogens (primary N) is 1. The standard InChI is InChI=1S/C15H25N5O.2ClH/c1-19-10-14(8-17-19)20-6-2-3-13(9-20)18-15(21)11-4-5-12(16)7-11;;/h8,10-13H,2-7,9,16H2,1H3,(H,18,21);2*1H. The monoisotopic (exact) mass is 363 g/mol. The van der Waals surface area contributed by atoms with Gasteiger partial charge in [-0.2, -0.15) is 5.10 Å². The second-order valence-corrected chi connectivity index (χ2v) is 6.44. The van der Waals surface area contributed by atoms with E-state index in [4.69, 9.17) is 5.73 Å². The second kappa shape index (κ2) is 8.76. The van der Waals surface area contributed by atoms with Crippen LogP contribution in [0.3, 0.4) is 0 Å². The lowest BCUT2D eigenvalue weighted by Crippen LogP contribution is -2.49. The van der Waals surface area contributed by atoms with E-state index < -0.39 is 0 Å². The van der Waals surface area contributed by atoms with Crippen LogP contribution in [0.15, 0.2) is 12.4 Å². The van der Waals surface area contributed by atoms with E-state index in [0.717, 1.165) is 50.9 Å². The predicted molar refractivity (Wildman–Crippen MR) is 96.4 cm³/mol. The van der Waals surface area contributed by atoms with Crippen LogP contribution in [0.5, 0.6) is 0 Å². The van der Waals surface area contributed by atoms with E-state index in [-0.39, 0.29) is 48.7 Å². The van der Waals surface area contributed by atoms with Crippen molar-refractivity contribution in [2.75, 3.05) is 18.0 Å². The van der Waals surface area contributed by atoms with E-state index in [0.29, 0.717) is 0 Å². The summed E-state index contributed by atoms with van der Waals surface area (Å²) < 4.78 is 1.82. The second-order valence-electron chi connectivity index (χ2n) is 6.44. The van der Waals surface area contributed by atoms with E-state index in [1.54, 1.807) is 0 Å². The van der Waals surface area contributed by atoms with Gasteiger partial charge in [0.05, 0.1) is 11.9 Å². The van der Waals surface area contributed by atoms with E-state index in [1.807, 2.05) is 24.1 Å². The molecule has 1 aromatic rings. The van der Waals surface area contributed by atoms with Gasteiger partial charge in [-0.1, -0.05) is 0 Å². The Balaban J connectivity index is 0.00000132. The van der Waals surface area contributed by atoms with Crippen molar-refractivity contribution in [3.63, 3.8) is 0 Å². The molecule has 132 valence electrons. The van der Waals surface area contributed by atoms with Gasteiger partial charge < -0.3 is 16.0 Å². The van der Waals surface area contributed by atoms with E-state index in [1.165, 1.54) is 0 Å². The Labute approximate surface area is 150 Å². The molecule has 1 amide bonds. The van der Waals surface area contributed by atoms with Crippen molar-refractivity contribution in [3.05, 3.63) is 12.4 Å². The minimum atomic E-state index is 0. The molecule has 2 heterocycles. The van der Waals surface area contributed by atoms with E-state index in [2.05, 4.69) is 15.3 Å². The first kappa shape index (κ1) is 20.1. The summed E-state index contributed by atoms with van der Waals surface area (Å²) in [6.45, 7) is 1.91. The average molecular weight is 364 g/mol. The first-order valence-electron chi connectivity index (χ1n) is 7.91. The summed E-state index contributed by atoms with van der Waals surface area (Å²) >= 11 is 0. The summed E-state index contributed by atoms with van der Waals surface area (Å²) in [6.07, 6.45) is 8.83. The van der Waals surface area contributed by atoms with Gasteiger partial charge in [-0.25, -0.2) is 0 Å². The van der Waals surface area contributed by atoms with Crippen molar-refractivity contribution in [2.24, 2.45) is 18.7 Å². The van der Waals surface area contributed by atoms with Crippen molar-refractivity contribution in [1.29, 1.82) is 0 Å². The molecule has 1 saturated heterocycles. The zero-order valence-electron chi connectivity index (χ0n) is 13.5. The Kier molecular flexibility index (Phi) is 7.64. The van der Waals surface area contributed by atoms with Gasteiger partial charge in [0.1, 0.15) is 0 Å². The SMILES string of the molecule is Cl.Cl.Cn1cc(N2CCCC(NC(=O)C3CCC(N)C3)C2)cn1. The maximum absolute atomic E-state index is 12.3. The molecule has 1 saturated carbocycles. The summed E-state index contributed by atoms with van der Waals surface area (Å²) in [5, 5.41) is 7.45. The summed E-state index contributed by atoms with van der Waals surface area (Å²) in [7, 11) is 1.93. The topological polar surface area (TPSA) is 76.2 Å². The number of anilines is 1. The zero-order valence-corrected chi connectivity index (χ0v) is 15.1. The highest BCUT2D eigenvalue weighted by molar-refractivity contribution is 5.85. The Bertz CT molecular complexity index is 510. The molecule has 0 radical (unpaired) electrons. The highest BCUT2D eigenvalue weighted by atomic mass is 35.5. The first-order chi connectivity index (χ1) is 10.1. The van der Waals surface area contributed by atoms with Gasteiger partial charge in [0.2, 0.25) is 5.91 Å². The molecule has 2 aliphatic rings. The Morgan fingerprint density at radius 1 is 1.35 bits per heavy atom. The molecule has 0 bridgehead atoms. The third-order valence-corrected chi connectivity index (χ3v) is 4.67. The fourth-order valence-electron chi connectivity index (χ4n) is 3.47. The summed E-state index contributed by atoms with van der Waals surface area (Å²) in [5.41, 5.74) is 7.04. The van der Waals surface area contributed by atoms with Crippen molar-refractivity contribution in [1.82, 2.24) is 15.1 Å². The number of rotatable bonds is 3. The molecule has 2 fully saturated rings. The lowest BCUT2D eigenvalue weighted by molar-refractivity contribution is -0.125. The van der Waals surface area contributed by atoms with Crippen LogP contribution in [-0.4, -0.2) is 40.9 Å². The minimum Gasteiger partial charge on any atom is -0.367 e. The third-order valence-electron chi connectivity index (χ3n) is 4.67. The normalized spacial score (nSPS) is 27.0. The van der Waals surface area contributed by atoms with Gasteiger partial charge >= 0.3 is 0 Å². The maximum atomic E-state index is 12.3. The zero-order chi connectivity index (χ0) is 14.8. The number of amides is 1. The highest BCUT2D eigenvalue weighted by Gasteiger charge is 2.30. The number of nitrogens with one attached hydrogen (secondary N) is 1. The number of carbonyl (C=O) groups is 1. The molecule has 3 atom stereocenters. The Hall–Kier alpha value is -0.980. The van der Waals surface area contributed by atoms with Crippen LogP contribution >= 0.6 is 24.8 Å². The molecule has 3 N–H and O–H groups in total. The summed E-state index contributed by atoms with van der Waals surface area (Å²) in [5.74, 6) is 0.315. The lowest BCUT2D eigenvalue weighted by Gasteiger charge is -2.34. The van der Waals surface area contributed by atoms with Gasteiger partial charge in [0.15, 0.2) is 0 Å². The molecule has 23 heavy (non-hydrogen) atoms. The molecular formula is C15H27Cl2N5O. The molecule has 6 nitrogen and oxygen atoms in total. The molecule has 1 aromatic heterocycles. The van der Waals surface area contributed by atoms with Crippen LogP contribution in [-0.2, 0) is 11.8 Å².